The summed E-state index contributed by atoms with van der Waals surface area (Å²) in [5.74, 6) is -0.0740. The highest BCUT2D eigenvalue weighted by molar-refractivity contribution is 5.94. The average Bonchev–Trinajstić information content (AvgIpc) is 2.91. The Morgan fingerprint density at radius 2 is 1.86 bits per heavy atom. The quantitative estimate of drug-likeness (QED) is 0.802. The molecule has 0 aliphatic heterocycles. The molecule has 0 fully saturated rings. The number of amides is 1. The lowest BCUT2D eigenvalue weighted by Crippen LogP contribution is -2.23. The number of rotatable bonds is 4. The largest absolute Gasteiger partial charge is 0.346 e. The van der Waals surface area contributed by atoms with Crippen molar-refractivity contribution >= 4 is 16.8 Å². The molecule has 0 aliphatic rings. The number of aromatic nitrogens is 2. The number of nitrogens with zero attached hydrogens (tertiary/aromatic N) is 2. The van der Waals surface area contributed by atoms with E-state index in [-0.39, 0.29) is 5.91 Å². The van der Waals surface area contributed by atoms with Crippen LogP contribution in [0.25, 0.3) is 10.9 Å². The van der Waals surface area contributed by atoms with E-state index in [1.165, 1.54) is 0 Å². The molecule has 22 heavy (non-hydrogen) atoms. The van der Waals surface area contributed by atoms with E-state index >= 15 is 0 Å². The normalized spacial score (nSPS) is 10.8. The van der Waals surface area contributed by atoms with E-state index in [1.807, 2.05) is 54.1 Å². The fourth-order valence-electron chi connectivity index (χ4n) is 2.54. The zero-order valence-electron chi connectivity index (χ0n) is 12.8. The molecule has 0 saturated carbocycles. The average molecular weight is 293 g/mol. The van der Waals surface area contributed by atoms with Crippen LogP contribution in [0.1, 0.15) is 28.5 Å². The third kappa shape index (κ3) is 2.72. The summed E-state index contributed by atoms with van der Waals surface area (Å²) in [5, 5.41) is 8.63. The van der Waals surface area contributed by atoms with Gasteiger partial charge in [0.05, 0.1) is 17.8 Å². The van der Waals surface area contributed by atoms with Crippen molar-refractivity contribution in [2.45, 2.75) is 26.9 Å². The highest BCUT2D eigenvalue weighted by atomic mass is 16.1. The van der Waals surface area contributed by atoms with Gasteiger partial charge in [0.2, 0.25) is 0 Å². The Morgan fingerprint density at radius 3 is 2.59 bits per heavy atom. The lowest BCUT2D eigenvalue weighted by atomic mass is 10.1. The minimum absolute atomic E-state index is 0.0740. The monoisotopic (exact) mass is 293 g/mol. The van der Waals surface area contributed by atoms with Crippen LogP contribution in [0.3, 0.4) is 0 Å². The maximum absolute atomic E-state index is 12.2. The summed E-state index contributed by atoms with van der Waals surface area (Å²) < 4.78 is 1.96. The fourth-order valence-corrected chi connectivity index (χ4v) is 2.54. The Bertz CT molecular complexity index is 803. The highest BCUT2D eigenvalue weighted by Gasteiger charge is 2.11. The lowest BCUT2D eigenvalue weighted by molar-refractivity contribution is 0.0950. The van der Waals surface area contributed by atoms with Gasteiger partial charge < -0.3 is 5.32 Å². The molecule has 1 N–H and O–H groups in total. The molecule has 0 saturated heterocycles. The van der Waals surface area contributed by atoms with Crippen LogP contribution < -0.4 is 5.32 Å². The molecule has 0 radical (unpaired) electrons. The molecule has 0 unspecified atom stereocenters. The number of para-hydroxylation sites is 1. The van der Waals surface area contributed by atoms with Crippen molar-refractivity contribution < 1.29 is 4.79 Å². The van der Waals surface area contributed by atoms with E-state index < -0.39 is 0 Å². The Labute approximate surface area is 129 Å². The van der Waals surface area contributed by atoms with Crippen molar-refractivity contribution in [1.29, 1.82) is 0 Å². The zero-order chi connectivity index (χ0) is 15.5. The Kier molecular flexibility index (Phi) is 3.92. The summed E-state index contributed by atoms with van der Waals surface area (Å²) in [6, 6.07) is 15.7. The van der Waals surface area contributed by atoms with Gasteiger partial charge in [-0.05, 0) is 32.0 Å². The number of benzene rings is 2. The number of nitrogens with one attached hydrogen (secondary N) is 1. The molecule has 1 heterocycles. The van der Waals surface area contributed by atoms with Crippen LogP contribution in [-0.2, 0) is 13.1 Å². The first-order chi connectivity index (χ1) is 10.7. The predicted molar refractivity (Wildman–Crippen MR) is 87.8 cm³/mol. The van der Waals surface area contributed by atoms with Crippen molar-refractivity contribution in [1.82, 2.24) is 15.1 Å². The molecule has 4 nitrogen and oxygen atoms in total. The topological polar surface area (TPSA) is 46.9 Å². The van der Waals surface area contributed by atoms with Gasteiger partial charge in [0.1, 0.15) is 0 Å². The summed E-state index contributed by atoms with van der Waals surface area (Å²) in [6.45, 7) is 5.31. The van der Waals surface area contributed by atoms with Gasteiger partial charge in [-0.3, -0.25) is 9.48 Å². The Balaban J connectivity index is 1.79. The Morgan fingerprint density at radius 1 is 1.14 bits per heavy atom. The molecule has 4 heteroatoms. The van der Waals surface area contributed by atoms with E-state index in [0.29, 0.717) is 12.1 Å². The number of carbonyl (C=O) groups excluding carboxylic acids is 1. The van der Waals surface area contributed by atoms with Gasteiger partial charge >= 0.3 is 0 Å². The summed E-state index contributed by atoms with van der Waals surface area (Å²) >= 11 is 0. The third-order valence-corrected chi connectivity index (χ3v) is 3.76. The number of fused-ring (bicyclic) bond motifs is 1. The molecule has 112 valence electrons. The van der Waals surface area contributed by atoms with Gasteiger partial charge in [0.15, 0.2) is 0 Å². The van der Waals surface area contributed by atoms with Crippen LogP contribution in [0.2, 0.25) is 0 Å². The third-order valence-electron chi connectivity index (χ3n) is 3.76. The van der Waals surface area contributed by atoms with Crippen molar-refractivity contribution in [3.05, 3.63) is 65.4 Å². The van der Waals surface area contributed by atoms with Gasteiger partial charge in [-0.2, -0.15) is 5.10 Å². The van der Waals surface area contributed by atoms with Crippen molar-refractivity contribution in [3.63, 3.8) is 0 Å². The Hall–Kier alpha value is -2.62. The lowest BCUT2D eigenvalue weighted by Gasteiger charge is -2.04. The van der Waals surface area contributed by atoms with E-state index in [0.717, 1.165) is 28.7 Å². The first-order valence-corrected chi connectivity index (χ1v) is 7.48. The number of carbonyl (C=O) groups is 1. The summed E-state index contributed by atoms with van der Waals surface area (Å²) in [5.41, 5.74) is 3.82. The molecule has 0 atom stereocenters. The molecule has 2 aromatic carbocycles. The zero-order valence-corrected chi connectivity index (χ0v) is 12.8. The minimum Gasteiger partial charge on any atom is -0.346 e. The standard InChI is InChI=1S/C18H19N3O/c1-3-21-17-7-5-4-6-15(17)16(20-21)12-19-18(22)14-10-8-13(2)9-11-14/h4-11H,3,12H2,1-2H3,(H,19,22). The second-order valence-electron chi connectivity index (χ2n) is 5.33. The molecule has 3 aromatic rings. The summed E-state index contributed by atoms with van der Waals surface area (Å²) in [6.07, 6.45) is 0. The van der Waals surface area contributed by atoms with Crippen molar-refractivity contribution in [2.24, 2.45) is 0 Å². The molecule has 1 aromatic heterocycles. The number of aryl methyl sites for hydroxylation is 2. The molecule has 0 spiro atoms. The van der Waals surface area contributed by atoms with Crippen LogP contribution in [0.5, 0.6) is 0 Å². The molecule has 1 amide bonds. The summed E-state index contributed by atoms with van der Waals surface area (Å²) in [4.78, 5) is 12.2. The molecular weight excluding hydrogens is 274 g/mol. The van der Waals surface area contributed by atoms with E-state index in [4.69, 9.17) is 0 Å². The molecular formula is C18H19N3O. The number of hydrogen-bond acceptors (Lipinski definition) is 2. The van der Waals surface area contributed by atoms with Gasteiger partial charge in [-0.25, -0.2) is 0 Å². The van der Waals surface area contributed by atoms with Crippen LogP contribution in [0.4, 0.5) is 0 Å². The van der Waals surface area contributed by atoms with Crippen LogP contribution in [-0.4, -0.2) is 15.7 Å². The van der Waals surface area contributed by atoms with Gasteiger partial charge in [0.25, 0.3) is 5.91 Å². The van der Waals surface area contributed by atoms with Crippen molar-refractivity contribution in [2.75, 3.05) is 0 Å². The van der Waals surface area contributed by atoms with Crippen molar-refractivity contribution in [3.8, 4) is 0 Å². The minimum atomic E-state index is -0.0740. The molecule has 0 bridgehead atoms. The predicted octanol–water partition coefficient (Wildman–Crippen LogP) is 3.29. The first-order valence-electron chi connectivity index (χ1n) is 7.48. The van der Waals surface area contributed by atoms with E-state index in [2.05, 4.69) is 23.4 Å². The van der Waals surface area contributed by atoms with Crippen LogP contribution in [0.15, 0.2) is 48.5 Å². The maximum atomic E-state index is 12.2. The SMILES string of the molecule is CCn1nc(CNC(=O)c2ccc(C)cc2)c2ccccc21. The summed E-state index contributed by atoms with van der Waals surface area (Å²) in [7, 11) is 0. The maximum Gasteiger partial charge on any atom is 0.251 e. The van der Waals surface area contributed by atoms with E-state index in [1.54, 1.807) is 0 Å². The molecule has 3 rings (SSSR count). The second-order valence-corrected chi connectivity index (χ2v) is 5.33. The first kappa shape index (κ1) is 14.3. The van der Waals surface area contributed by atoms with Crippen LogP contribution >= 0.6 is 0 Å². The van der Waals surface area contributed by atoms with Gasteiger partial charge in [-0.1, -0.05) is 35.9 Å². The fraction of sp³-hybridized carbons (Fsp3) is 0.222. The number of hydrogen-bond donors (Lipinski definition) is 1. The van der Waals surface area contributed by atoms with Gasteiger partial charge in [-0.15, -0.1) is 0 Å². The van der Waals surface area contributed by atoms with Crippen LogP contribution in [0, 0.1) is 6.92 Å². The smallest absolute Gasteiger partial charge is 0.251 e. The van der Waals surface area contributed by atoms with E-state index in [9.17, 15) is 4.79 Å². The molecule has 0 aliphatic carbocycles. The highest BCUT2D eigenvalue weighted by Crippen LogP contribution is 2.18. The second kappa shape index (κ2) is 6.02. The van der Waals surface area contributed by atoms with Gasteiger partial charge in [0, 0.05) is 17.5 Å².